The number of aryl methyl sites for hydroxylation is 3. The Hall–Kier alpha value is -2.60. The predicted octanol–water partition coefficient (Wildman–Crippen LogP) is 3.65. The second-order valence-corrected chi connectivity index (χ2v) is 6.90. The van der Waals surface area contributed by atoms with E-state index in [4.69, 9.17) is 11.6 Å². The van der Waals surface area contributed by atoms with Crippen molar-refractivity contribution < 1.29 is 4.79 Å². The highest BCUT2D eigenvalue weighted by Crippen LogP contribution is 2.21. The van der Waals surface area contributed by atoms with Gasteiger partial charge in [0.25, 0.3) is 0 Å². The van der Waals surface area contributed by atoms with Crippen LogP contribution in [0.3, 0.4) is 0 Å². The Labute approximate surface area is 157 Å². The van der Waals surface area contributed by atoms with Gasteiger partial charge in [0.05, 0.1) is 29.3 Å². The van der Waals surface area contributed by atoms with Crippen LogP contribution in [-0.4, -0.2) is 25.5 Å². The molecule has 136 valence electrons. The molecule has 26 heavy (non-hydrogen) atoms. The largest absolute Gasteiger partial charge is 0.321 e. The molecule has 1 aromatic carbocycles. The Kier molecular flexibility index (Phi) is 5.13. The second kappa shape index (κ2) is 7.33. The molecule has 7 heteroatoms. The van der Waals surface area contributed by atoms with E-state index < -0.39 is 0 Å². The molecule has 0 aliphatic heterocycles. The number of carbonyl (C=O) groups is 1. The van der Waals surface area contributed by atoms with E-state index in [-0.39, 0.29) is 12.5 Å². The average molecular weight is 372 g/mol. The molecule has 3 rings (SSSR count). The highest BCUT2D eigenvalue weighted by Gasteiger charge is 2.15. The number of halogens is 1. The van der Waals surface area contributed by atoms with Crippen molar-refractivity contribution in [2.45, 2.75) is 40.8 Å². The highest BCUT2D eigenvalue weighted by molar-refractivity contribution is 6.30. The molecule has 0 fully saturated rings. The lowest BCUT2D eigenvalue weighted by Gasteiger charge is -2.08. The molecule has 0 unspecified atom stereocenters. The van der Waals surface area contributed by atoms with Gasteiger partial charge in [-0.25, -0.2) is 0 Å². The summed E-state index contributed by atoms with van der Waals surface area (Å²) >= 11 is 6.05. The van der Waals surface area contributed by atoms with Gasteiger partial charge in [-0.2, -0.15) is 10.2 Å². The number of nitrogens with zero attached hydrogens (tertiary/aromatic N) is 4. The number of hydrogen-bond acceptors (Lipinski definition) is 3. The third kappa shape index (κ3) is 3.96. The third-order valence-corrected chi connectivity index (χ3v) is 4.50. The van der Waals surface area contributed by atoms with Crippen LogP contribution in [0.5, 0.6) is 0 Å². The minimum atomic E-state index is -0.121. The topological polar surface area (TPSA) is 64.7 Å². The summed E-state index contributed by atoms with van der Waals surface area (Å²) < 4.78 is 3.58. The van der Waals surface area contributed by atoms with Gasteiger partial charge in [-0.1, -0.05) is 23.7 Å². The molecule has 3 aromatic rings. The molecule has 0 saturated heterocycles. The van der Waals surface area contributed by atoms with Crippen LogP contribution in [0, 0.1) is 27.7 Å². The van der Waals surface area contributed by atoms with Crippen molar-refractivity contribution in [1.82, 2.24) is 19.6 Å². The molecule has 0 saturated carbocycles. The van der Waals surface area contributed by atoms with Crippen molar-refractivity contribution in [2.24, 2.45) is 0 Å². The normalized spacial score (nSPS) is 11.0. The van der Waals surface area contributed by atoms with Gasteiger partial charge in [-0.3, -0.25) is 14.2 Å². The predicted molar refractivity (Wildman–Crippen MR) is 103 cm³/mol. The van der Waals surface area contributed by atoms with E-state index in [1.54, 1.807) is 4.68 Å². The Balaban J connectivity index is 1.75. The van der Waals surface area contributed by atoms with E-state index in [0.29, 0.717) is 11.6 Å². The van der Waals surface area contributed by atoms with Crippen LogP contribution >= 0.6 is 11.6 Å². The van der Waals surface area contributed by atoms with E-state index in [1.807, 2.05) is 62.7 Å². The maximum atomic E-state index is 12.4. The van der Waals surface area contributed by atoms with E-state index in [0.717, 1.165) is 34.0 Å². The van der Waals surface area contributed by atoms with E-state index >= 15 is 0 Å². The number of amides is 1. The maximum Gasteiger partial charge on any atom is 0.246 e. The molecule has 0 aliphatic carbocycles. The summed E-state index contributed by atoms with van der Waals surface area (Å²) in [4.78, 5) is 12.4. The lowest BCUT2D eigenvalue weighted by Crippen LogP contribution is -2.21. The van der Waals surface area contributed by atoms with Gasteiger partial charge in [-0.15, -0.1) is 0 Å². The van der Waals surface area contributed by atoms with Crippen molar-refractivity contribution >= 4 is 23.2 Å². The van der Waals surface area contributed by atoms with Gasteiger partial charge in [-0.05, 0) is 51.5 Å². The summed E-state index contributed by atoms with van der Waals surface area (Å²) in [5, 5.41) is 12.6. The van der Waals surface area contributed by atoms with E-state index in [9.17, 15) is 4.79 Å². The van der Waals surface area contributed by atoms with Crippen LogP contribution in [0.4, 0.5) is 5.69 Å². The summed E-state index contributed by atoms with van der Waals surface area (Å²) in [7, 11) is 0. The van der Waals surface area contributed by atoms with Crippen LogP contribution < -0.4 is 5.32 Å². The molecule has 0 radical (unpaired) electrons. The first-order chi connectivity index (χ1) is 12.3. The van der Waals surface area contributed by atoms with Crippen molar-refractivity contribution in [3.05, 3.63) is 63.7 Å². The summed E-state index contributed by atoms with van der Waals surface area (Å²) in [6.45, 7) is 8.46. The monoisotopic (exact) mass is 371 g/mol. The molecule has 1 N–H and O–H groups in total. The molecule has 2 aromatic heterocycles. The Bertz CT molecular complexity index is 957. The summed E-state index contributed by atoms with van der Waals surface area (Å²) in [6.07, 6.45) is 0. The summed E-state index contributed by atoms with van der Waals surface area (Å²) in [5.41, 5.74) is 5.36. The number of rotatable bonds is 5. The fourth-order valence-corrected chi connectivity index (χ4v) is 3.20. The molecule has 1 amide bonds. The SMILES string of the molecule is Cc1cc(C)n(CC(=O)Nc2c(C)nn(Cc3cccc(Cl)c3)c2C)n1. The first-order valence-corrected chi connectivity index (χ1v) is 8.80. The number of benzene rings is 1. The number of hydrogen-bond donors (Lipinski definition) is 1. The zero-order valence-electron chi connectivity index (χ0n) is 15.4. The fourth-order valence-electron chi connectivity index (χ4n) is 2.99. The first-order valence-electron chi connectivity index (χ1n) is 8.43. The zero-order valence-corrected chi connectivity index (χ0v) is 16.1. The average Bonchev–Trinajstić information content (AvgIpc) is 3.00. The molecule has 2 heterocycles. The Morgan fingerprint density at radius 2 is 1.88 bits per heavy atom. The van der Waals surface area contributed by atoms with Gasteiger partial charge in [0, 0.05) is 10.7 Å². The van der Waals surface area contributed by atoms with Gasteiger partial charge in [0.1, 0.15) is 6.54 Å². The van der Waals surface area contributed by atoms with E-state index in [2.05, 4.69) is 15.5 Å². The minimum Gasteiger partial charge on any atom is -0.321 e. The molecular formula is C19H22ClN5O. The molecule has 0 aliphatic rings. The van der Waals surface area contributed by atoms with Gasteiger partial charge in [0.15, 0.2) is 0 Å². The van der Waals surface area contributed by atoms with Crippen LogP contribution in [0.1, 0.15) is 28.3 Å². The third-order valence-electron chi connectivity index (χ3n) is 4.26. The van der Waals surface area contributed by atoms with Crippen molar-refractivity contribution in [2.75, 3.05) is 5.32 Å². The molecular weight excluding hydrogens is 350 g/mol. The van der Waals surface area contributed by atoms with Crippen LogP contribution in [0.15, 0.2) is 30.3 Å². The summed E-state index contributed by atoms with van der Waals surface area (Å²) in [6, 6.07) is 9.63. The smallest absolute Gasteiger partial charge is 0.246 e. The van der Waals surface area contributed by atoms with Crippen LogP contribution in [-0.2, 0) is 17.9 Å². The first kappa shape index (κ1) is 18.2. The number of nitrogens with one attached hydrogen (secondary N) is 1. The second-order valence-electron chi connectivity index (χ2n) is 6.47. The van der Waals surface area contributed by atoms with E-state index in [1.165, 1.54) is 0 Å². The van der Waals surface area contributed by atoms with Crippen molar-refractivity contribution in [1.29, 1.82) is 0 Å². The van der Waals surface area contributed by atoms with Crippen LogP contribution in [0.25, 0.3) is 0 Å². The Morgan fingerprint density at radius 1 is 1.12 bits per heavy atom. The highest BCUT2D eigenvalue weighted by atomic mass is 35.5. The van der Waals surface area contributed by atoms with Crippen molar-refractivity contribution in [3.8, 4) is 0 Å². The molecule has 6 nitrogen and oxygen atoms in total. The molecule has 0 spiro atoms. The molecule has 0 atom stereocenters. The quantitative estimate of drug-likeness (QED) is 0.744. The number of aromatic nitrogens is 4. The van der Waals surface area contributed by atoms with Crippen LogP contribution in [0.2, 0.25) is 5.02 Å². The minimum absolute atomic E-state index is 0.121. The van der Waals surface area contributed by atoms with Gasteiger partial charge >= 0.3 is 0 Å². The lowest BCUT2D eigenvalue weighted by molar-refractivity contribution is -0.116. The fraction of sp³-hybridized carbons (Fsp3) is 0.316. The number of anilines is 1. The van der Waals surface area contributed by atoms with Crippen molar-refractivity contribution in [3.63, 3.8) is 0 Å². The lowest BCUT2D eigenvalue weighted by atomic mass is 10.2. The summed E-state index contributed by atoms with van der Waals surface area (Å²) in [5.74, 6) is -0.121. The maximum absolute atomic E-state index is 12.4. The molecule has 0 bridgehead atoms. The standard InChI is InChI=1S/C19H22ClN5O/c1-12-8-13(2)24(22-12)11-18(26)21-19-14(3)23-25(15(19)4)10-16-6-5-7-17(20)9-16/h5-9H,10-11H2,1-4H3,(H,21,26). The van der Waals surface area contributed by atoms with Gasteiger partial charge < -0.3 is 5.32 Å². The Morgan fingerprint density at radius 3 is 2.54 bits per heavy atom. The zero-order chi connectivity index (χ0) is 18.8. The van der Waals surface area contributed by atoms with Gasteiger partial charge in [0.2, 0.25) is 5.91 Å². The number of carbonyl (C=O) groups excluding carboxylic acids is 1.